The topological polar surface area (TPSA) is 38.0 Å². The second-order valence-electron chi connectivity index (χ2n) is 6.69. The average Bonchev–Trinajstić information content (AvgIpc) is 2.38. The summed E-state index contributed by atoms with van der Waals surface area (Å²) in [6.07, 6.45) is 5.00. The van der Waals surface area contributed by atoms with E-state index in [1.807, 2.05) is 0 Å². The monoisotopic (exact) mass is 260 g/mol. The summed E-state index contributed by atoms with van der Waals surface area (Å²) >= 11 is 0. The van der Waals surface area contributed by atoms with E-state index in [4.69, 9.17) is 5.73 Å². The smallest absolute Gasteiger partial charge is 0.0219 e. The van der Waals surface area contributed by atoms with Crippen molar-refractivity contribution in [2.24, 2.45) is 5.73 Å². The van der Waals surface area contributed by atoms with Gasteiger partial charge in [-0.05, 0) is 25.3 Å². The van der Waals surface area contributed by atoms with E-state index in [0.29, 0.717) is 12.1 Å². The van der Waals surface area contributed by atoms with Gasteiger partial charge < -0.3 is 11.1 Å². The molecule has 2 heteroatoms. The molecular formula is C17H28N2. The van der Waals surface area contributed by atoms with Gasteiger partial charge in [-0.1, -0.05) is 56.5 Å². The third-order valence-electron chi connectivity index (χ3n) is 4.46. The summed E-state index contributed by atoms with van der Waals surface area (Å²) in [6.45, 7) is 7.74. The third-order valence-corrected chi connectivity index (χ3v) is 4.46. The average molecular weight is 260 g/mol. The van der Waals surface area contributed by atoms with Gasteiger partial charge in [0.2, 0.25) is 0 Å². The van der Waals surface area contributed by atoms with Crippen molar-refractivity contribution in [2.75, 3.05) is 6.54 Å². The molecule has 0 spiro atoms. The van der Waals surface area contributed by atoms with Crippen molar-refractivity contribution in [3.05, 3.63) is 35.4 Å². The minimum absolute atomic E-state index is 0.158. The maximum Gasteiger partial charge on any atom is 0.0219 e. The highest BCUT2D eigenvalue weighted by Gasteiger charge is 2.25. The summed E-state index contributed by atoms with van der Waals surface area (Å²) in [4.78, 5) is 0. The lowest BCUT2D eigenvalue weighted by Gasteiger charge is -2.34. The van der Waals surface area contributed by atoms with Crippen LogP contribution in [0.2, 0.25) is 0 Å². The van der Waals surface area contributed by atoms with Gasteiger partial charge in [-0.3, -0.25) is 0 Å². The van der Waals surface area contributed by atoms with Crippen LogP contribution in [0.3, 0.4) is 0 Å². The molecule has 0 radical (unpaired) electrons. The van der Waals surface area contributed by atoms with Gasteiger partial charge in [-0.25, -0.2) is 0 Å². The normalized spacial score (nSPS) is 24.4. The van der Waals surface area contributed by atoms with Crippen LogP contribution in [0.25, 0.3) is 0 Å². The zero-order chi connectivity index (χ0) is 13.9. The van der Waals surface area contributed by atoms with Gasteiger partial charge in [0.1, 0.15) is 0 Å². The van der Waals surface area contributed by atoms with Crippen molar-refractivity contribution < 1.29 is 0 Å². The number of hydrogen-bond donors (Lipinski definition) is 2. The van der Waals surface area contributed by atoms with Crippen molar-refractivity contribution in [2.45, 2.75) is 64.0 Å². The molecule has 2 atom stereocenters. The Morgan fingerprint density at radius 1 is 1.16 bits per heavy atom. The van der Waals surface area contributed by atoms with Gasteiger partial charge in [0.05, 0.1) is 0 Å². The van der Waals surface area contributed by atoms with E-state index >= 15 is 0 Å². The first-order valence-electron chi connectivity index (χ1n) is 7.55. The van der Waals surface area contributed by atoms with E-state index < -0.39 is 0 Å². The van der Waals surface area contributed by atoms with Crippen LogP contribution in [0, 0.1) is 6.92 Å². The van der Waals surface area contributed by atoms with E-state index in [2.05, 4.69) is 50.4 Å². The second-order valence-corrected chi connectivity index (χ2v) is 6.69. The van der Waals surface area contributed by atoms with Crippen molar-refractivity contribution in [1.29, 1.82) is 0 Å². The molecule has 0 saturated heterocycles. The van der Waals surface area contributed by atoms with Crippen molar-refractivity contribution in [3.8, 4) is 0 Å². The molecular weight excluding hydrogens is 232 g/mol. The van der Waals surface area contributed by atoms with Gasteiger partial charge in [-0.15, -0.1) is 0 Å². The Kier molecular flexibility index (Phi) is 4.64. The Hall–Kier alpha value is -0.860. The number of rotatable bonds is 4. The van der Waals surface area contributed by atoms with Gasteiger partial charge in [0, 0.05) is 24.0 Å². The highest BCUT2D eigenvalue weighted by Crippen LogP contribution is 2.24. The SMILES string of the molecule is Cc1ccc(C(C)(C)CNC2CCCCC2N)cc1. The van der Waals surface area contributed by atoms with E-state index in [0.717, 1.165) is 6.54 Å². The predicted octanol–water partition coefficient (Wildman–Crippen LogP) is 3.13. The van der Waals surface area contributed by atoms with Crippen LogP contribution in [0.15, 0.2) is 24.3 Å². The van der Waals surface area contributed by atoms with Crippen LogP contribution in [0.4, 0.5) is 0 Å². The van der Waals surface area contributed by atoms with Crippen LogP contribution in [-0.2, 0) is 5.41 Å². The number of nitrogens with two attached hydrogens (primary N) is 1. The fourth-order valence-corrected chi connectivity index (χ4v) is 2.91. The van der Waals surface area contributed by atoms with Crippen LogP contribution in [0.1, 0.15) is 50.7 Å². The quantitative estimate of drug-likeness (QED) is 0.873. The zero-order valence-corrected chi connectivity index (χ0v) is 12.6. The van der Waals surface area contributed by atoms with Crippen LogP contribution in [-0.4, -0.2) is 18.6 Å². The highest BCUT2D eigenvalue weighted by atomic mass is 15.0. The predicted molar refractivity (Wildman–Crippen MR) is 82.4 cm³/mol. The Bertz CT molecular complexity index is 394. The molecule has 0 bridgehead atoms. The highest BCUT2D eigenvalue weighted by molar-refractivity contribution is 5.27. The van der Waals surface area contributed by atoms with Gasteiger partial charge >= 0.3 is 0 Å². The number of benzene rings is 1. The minimum Gasteiger partial charge on any atom is -0.326 e. The molecule has 1 saturated carbocycles. The second kappa shape index (κ2) is 6.06. The van der Waals surface area contributed by atoms with Crippen molar-refractivity contribution in [3.63, 3.8) is 0 Å². The molecule has 2 nitrogen and oxygen atoms in total. The summed E-state index contributed by atoms with van der Waals surface area (Å²) in [6, 6.07) is 9.73. The summed E-state index contributed by atoms with van der Waals surface area (Å²) in [5.74, 6) is 0. The summed E-state index contributed by atoms with van der Waals surface area (Å²) in [5.41, 5.74) is 9.08. The third kappa shape index (κ3) is 3.80. The standard InChI is InChI=1S/C17H28N2/c1-13-8-10-14(11-9-13)17(2,3)12-19-16-7-5-4-6-15(16)18/h8-11,15-16,19H,4-7,12,18H2,1-3H3. The Labute approximate surface area is 117 Å². The Morgan fingerprint density at radius 2 is 1.79 bits per heavy atom. The summed E-state index contributed by atoms with van der Waals surface area (Å²) in [7, 11) is 0. The molecule has 2 unspecified atom stereocenters. The first-order chi connectivity index (χ1) is 8.99. The molecule has 19 heavy (non-hydrogen) atoms. The van der Waals surface area contributed by atoms with E-state index in [1.54, 1.807) is 0 Å². The number of hydrogen-bond acceptors (Lipinski definition) is 2. The lowest BCUT2D eigenvalue weighted by atomic mass is 9.83. The maximum atomic E-state index is 6.20. The van der Waals surface area contributed by atoms with Gasteiger partial charge in [0.15, 0.2) is 0 Å². The van der Waals surface area contributed by atoms with Crippen LogP contribution < -0.4 is 11.1 Å². The largest absolute Gasteiger partial charge is 0.326 e. The van der Waals surface area contributed by atoms with Crippen LogP contribution >= 0.6 is 0 Å². The molecule has 1 aromatic carbocycles. The fourth-order valence-electron chi connectivity index (χ4n) is 2.91. The molecule has 2 rings (SSSR count). The summed E-state index contributed by atoms with van der Waals surface area (Å²) in [5, 5.41) is 3.70. The molecule has 0 heterocycles. The van der Waals surface area contributed by atoms with E-state index in [9.17, 15) is 0 Å². The Morgan fingerprint density at radius 3 is 2.42 bits per heavy atom. The fraction of sp³-hybridized carbons (Fsp3) is 0.647. The molecule has 1 aliphatic carbocycles. The Balaban J connectivity index is 1.95. The molecule has 0 aromatic heterocycles. The van der Waals surface area contributed by atoms with Crippen LogP contribution in [0.5, 0.6) is 0 Å². The number of aryl methyl sites for hydroxylation is 1. The lowest BCUT2D eigenvalue weighted by molar-refractivity contribution is 0.306. The lowest BCUT2D eigenvalue weighted by Crippen LogP contribution is -2.50. The van der Waals surface area contributed by atoms with Gasteiger partial charge in [0.25, 0.3) is 0 Å². The maximum absolute atomic E-state index is 6.20. The molecule has 1 fully saturated rings. The molecule has 3 N–H and O–H groups in total. The number of nitrogens with one attached hydrogen (secondary N) is 1. The molecule has 0 amide bonds. The molecule has 1 aliphatic rings. The first-order valence-corrected chi connectivity index (χ1v) is 7.55. The summed E-state index contributed by atoms with van der Waals surface area (Å²) < 4.78 is 0. The molecule has 0 aliphatic heterocycles. The molecule has 106 valence electrons. The minimum atomic E-state index is 0.158. The van der Waals surface area contributed by atoms with E-state index in [1.165, 1.54) is 36.8 Å². The van der Waals surface area contributed by atoms with E-state index in [-0.39, 0.29) is 5.41 Å². The van der Waals surface area contributed by atoms with Crippen molar-refractivity contribution in [1.82, 2.24) is 5.32 Å². The zero-order valence-electron chi connectivity index (χ0n) is 12.6. The van der Waals surface area contributed by atoms with Gasteiger partial charge in [-0.2, -0.15) is 0 Å². The van der Waals surface area contributed by atoms with Crippen molar-refractivity contribution >= 4 is 0 Å². The first kappa shape index (κ1) is 14.5. The molecule has 1 aromatic rings.